The van der Waals surface area contributed by atoms with E-state index in [4.69, 9.17) is 17.0 Å². The second-order valence-corrected chi connectivity index (χ2v) is 8.80. The molecule has 2 aromatic carbocycles. The summed E-state index contributed by atoms with van der Waals surface area (Å²) in [6.07, 6.45) is 3.91. The molecule has 5 rings (SSSR count). The molecule has 4 aromatic rings. The number of aromatic nitrogens is 2. The Balaban J connectivity index is 1.62. The summed E-state index contributed by atoms with van der Waals surface area (Å²) < 4.78 is 7.56. The Hall–Kier alpha value is -3.84. The molecule has 0 aliphatic carbocycles. The van der Waals surface area contributed by atoms with Crippen LogP contribution in [0, 0.1) is 0 Å². The van der Waals surface area contributed by atoms with Crippen LogP contribution in [0.1, 0.15) is 23.5 Å². The summed E-state index contributed by atoms with van der Waals surface area (Å²) in [6, 6.07) is 26.6. The van der Waals surface area contributed by atoms with E-state index in [0.29, 0.717) is 5.11 Å². The maximum absolute atomic E-state index is 5.88. The second kappa shape index (κ2) is 9.19. The Labute approximate surface area is 205 Å². The number of anilines is 2. The van der Waals surface area contributed by atoms with E-state index in [9.17, 15) is 0 Å². The first-order valence-corrected chi connectivity index (χ1v) is 11.6. The molecule has 1 N–H and O–H groups in total. The monoisotopic (exact) mass is 469 g/mol. The van der Waals surface area contributed by atoms with Gasteiger partial charge in [0.15, 0.2) is 5.11 Å². The molecular formula is C27H27N5OS. The molecule has 2 atom stereocenters. The summed E-state index contributed by atoms with van der Waals surface area (Å²) in [4.78, 5) is 8.95. The largest absolute Gasteiger partial charge is 0.497 e. The van der Waals surface area contributed by atoms with E-state index in [0.717, 1.165) is 34.2 Å². The van der Waals surface area contributed by atoms with E-state index in [1.807, 2.05) is 50.6 Å². The Morgan fingerprint density at radius 1 is 0.912 bits per heavy atom. The van der Waals surface area contributed by atoms with Crippen molar-refractivity contribution in [3.8, 4) is 11.4 Å². The van der Waals surface area contributed by atoms with Crippen molar-refractivity contribution in [3.63, 3.8) is 0 Å². The van der Waals surface area contributed by atoms with Gasteiger partial charge >= 0.3 is 0 Å². The van der Waals surface area contributed by atoms with Gasteiger partial charge in [-0.3, -0.25) is 4.98 Å². The number of hydrogen-bond acceptors (Lipinski definition) is 4. The summed E-state index contributed by atoms with van der Waals surface area (Å²) >= 11 is 5.88. The highest BCUT2D eigenvalue weighted by atomic mass is 32.1. The zero-order chi connectivity index (χ0) is 23.7. The van der Waals surface area contributed by atoms with E-state index < -0.39 is 0 Å². The van der Waals surface area contributed by atoms with Crippen LogP contribution in [0.4, 0.5) is 11.4 Å². The molecule has 2 aromatic heterocycles. The fraction of sp³-hybridized carbons (Fsp3) is 0.185. The number of benzene rings is 2. The summed E-state index contributed by atoms with van der Waals surface area (Å²) in [5.41, 5.74) is 5.30. The van der Waals surface area contributed by atoms with E-state index in [2.05, 4.69) is 79.4 Å². The maximum atomic E-state index is 5.88. The van der Waals surface area contributed by atoms with Gasteiger partial charge in [-0.25, -0.2) is 0 Å². The van der Waals surface area contributed by atoms with Crippen molar-refractivity contribution in [1.82, 2.24) is 14.9 Å². The smallest absolute Gasteiger partial charge is 0.174 e. The van der Waals surface area contributed by atoms with Crippen LogP contribution in [0.25, 0.3) is 5.69 Å². The summed E-state index contributed by atoms with van der Waals surface area (Å²) in [6.45, 7) is 0. The molecule has 7 heteroatoms. The molecule has 1 saturated heterocycles. The van der Waals surface area contributed by atoms with Crippen molar-refractivity contribution in [1.29, 1.82) is 0 Å². The minimum absolute atomic E-state index is 0.0929. The lowest BCUT2D eigenvalue weighted by atomic mass is 10.0. The number of methoxy groups -OCH3 is 1. The van der Waals surface area contributed by atoms with E-state index in [1.54, 1.807) is 7.11 Å². The molecule has 1 fully saturated rings. The zero-order valence-corrected chi connectivity index (χ0v) is 20.2. The van der Waals surface area contributed by atoms with Gasteiger partial charge in [0, 0.05) is 49.2 Å². The predicted octanol–water partition coefficient (Wildman–Crippen LogP) is 5.12. The van der Waals surface area contributed by atoms with Gasteiger partial charge in [-0.15, -0.1) is 0 Å². The van der Waals surface area contributed by atoms with E-state index >= 15 is 0 Å². The topological polar surface area (TPSA) is 45.6 Å². The third-order valence-corrected chi connectivity index (χ3v) is 6.49. The molecular weight excluding hydrogens is 442 g/mol. The first kappa shape index (κ1) is 22.0. The number of pyridine rings is 1. The Morgan fingerprint density at radius 3 is 2.29 bits per heavy atom. The van der Waals surface area contributed by atoms with Crippen LogP contribution in [-0.4, -0.2) is 35.9 Å². The minimum atomic E-state index is -0.103. The van der Waals surface area contributed by atoms with E-state index in [1.165, 1.54) is 0 Å². The van der Waals surface area contributed by atoms with Crippen LogP contribution in [0.3, 0.4) is 0 Å². The number of hydrogen-bond donors (Lipinski definition) is 1. The highest BCUT2D eigenvalue weighted by molar-refractivity contribution is 7.80. The van der Waals surface area contributed by atoms with Crippen molar-refractivity contribution < 1.29 is 4.74 Å². The van der Waals surface area contributed by atoms with Crippen LogP contribution >= 0.6 is 12.2 Å². The summed E-state index contributed by atoms with van der Waals surface area (Å²) in [5.74, 6) is 0.829. The molecule has 0 unspecified atom stereocenters. The van der Waals surface area contributed by atoms with Crippen molar-refractivity contribution in [2.24, 2.45) is 0 Å². The van der Waals surface area contributed by atoms with Crippen molar-refractivity contribution >= 4 is 28.7 Å². The Bertz CT molecular complexity index is 1270. The lowest BCUT2D eigenvalue weighted by Gasteiger charge is -2.29. The molecule has 172 valence electrons. The molecule has 0 spiro atoms. The highest BCUT2D eigenvalue weighted by Gasteiger charge is 2.42. The fourth-order valence-electron chi connectivity index (χ4n) is 4.46. The van der Waals surface area contributed by atoms with Crippen molar-refractivity contribution in [3.05, 3.63) is 103 Å². The predicted molar refractivity (Wildman–Crippen MR) is 141 cm³/mol. The third kappa shape index (κ3) is 3.99. The van der Waals surface area contributed by atoms with Crippen LogP contribution in [0.15, 0.2) is 91.3 Å². The number of nitrogens with zero attached hydrogens (tertiary/aromatic N) is 4. The molecule has 3 heterocycles. The molecule has 34 heavy (non-hydrogen) atoms. The maximum Gasteiger partial charge on any atom is 0.174 e. The average Bonchev–Trinajstić information content (AvgIpc) is 3.49. The molecule has 1 aliphatic heterocycles. The van der Waals surface area contributed by atoms with Crippen LogP contribution in [0.2, 0.25) is 0 Å². The standard InChI is InChI=1S/C27H27N5OS/c1-30(2)19-9-11-21(12-10-19)32-26(25(29-27(32)34)23-7-4-5-17-28-23)24-8-6-18-31(24)20-13-15-22(33-3)16-14-20/h4-18,25-26H,1-3H3,(H,29,34)/t25-,26+/m1/s1. The molecule has 0 amide bonds. The number of ether oxygens (including phenoxy) is 1. The highest BCUT2D eigenvalue weighted by Crippen LogP contribution is 2.42. The van der Waals surface area contributed by atoms with Crippen molar-refractivity contribution in [2.75, 3.05) is 31.0 Å². The normalized spacial score (nSPS) is 17.5. The van der Waals surface area contributed by atoms with Gasteiger partial charge in [-0.2, -0.15) is 0 Å². The second-order valence-electron chi connectivity index (χ2n) is 8.41. The minimum Gasteiger partial charge on any atom is -0.497 e. The average molecular weight is 470 g/mol. The van der Waals surface area contributed by atoms with Crippen LogP contribution < -0.4 is 19.9 Å². The number of rotatable bonds is 6. The quantitative estimate of drug-likeness (QED) is 0.395. The molecule has 0 radical (unpaired) electrons. The molecule has 1 aliphatic rings. The molecule has 0 bridgehead atoms. The Morgan fingerprint density at radius 2 is 1.65 bits per heavy atom. The summed E-state index contributed by atoms with van der Waals surface area (Å²) in [7, 11) is 5.76. The zero-order valence-electron chi connectivity index (χ0n) is 19.4. The van der Waals surface area contributed by atoms with Gasteiger partial charge in [0.1, 0.15) is 11.8 Å². The van der Waals surface area contributed by atoms with Gasteiger partial charge in [0.05, 0.1) is 18.8 Å². The first-order valence-electron chi connectivity index (χ1n) is 11.2. The van der Waals surface area contributed by atoms with Crippen LogP contribution in [0.5, 0.6) is 5.75 Å². The van der Waals surface area contributed by atoms with Crippen LogP contribution in [-0.2, 0) is 0 Å². The SMILES string of the molecule is COc1ccc(-n2cccc2[C@H]2[C@@H](c3ccccn3)NC(=S)N2c2ccc(N(C)C)cc2)cc1. The number of nitrogens with one attached hydrogen (secondary N) is 1. The molecule has 6 nitrogen and oxygen atoms in total. The third-order valence-electron chi connectivity index (χ3n) is 6.18. The first-order chi connectivity index (χ1) is 16.6. The van der Waals surface area contributed by atoms with Gasteiger partial charge < -0.3 is 24.4 Å². The number of thiocarbonyl (C=S) groups is 1. The molecule has 0 saturated carbocycles. The van der Waals surface area contributed by atoms with Crippen molar-refractivity contribution in [2.45, 2.75) is 12.1 Å². The van der Waals surface area contributed by atoms with Gasteiger partial charge in [-0.1, -0.05) is 6.07 Å². The van der Waals surface area contributed by atoms with E-state index in [-0.39, 0.29) is 12.1 Å². The van der Waals surface area contributed by atoms with Gasteiger partial charge in [0.25, 0.3) is 0 Å². The fourth-order valence-corrected chi connectivity index (χ4v) is 4.80. The van der Waals surface area contributed by atoms with Gasteiger partial charge in [-0.05, 0) is 85.0 Å². The lowest BCUT2D eigenvalue weighted by Crippen LogP contribution is -2.30. The van der Waals surface area contributed by atoms with Gasteiger partial charge in [0.2, 0.25) is 0 Å². The lowest BCUT2D eigenvalue weighted by molar-refractivity contribution is 0.414. The Kier molecular flexibility index (Phi) is 5.94. The summed E-state index contributed by atoms with van der Waals surface area (Å²) in [5, 5.41) is 4.22.